The van der Waals surface area contributed by atoms with Gasteiger partial charge in [0.15, 0.2) is 0 Å². The third-order valence-corrected chi connectivity index (χ3v) is 9.23. The molecule has 0 rings (SSSR count). The summed E-state index contributed by atoms with van der Waals surface area (Å²) >= 11 is 0. The highest BCUT2D eigenvalue weighted by Gasteiger charge is 2.14. The number of unbranched alkanes of at least 4 members (excludes halogenated alkanes) is 20. The summed E-state index contributed by atoms with van der Waals surface area (Å²) in [5, 5.41) is 0. The van der Waals surface area contributed by atoms with Crippen LogP contribution in [-0.2, 0) is 19.1 Å². The lowest BCUT2D eigenvalue weighted by Gasteiger charge is -2.20. The zero-order valence-corrected chi connectivity index (χ0v) is 31.0. The van der Waals surface area contributed by atoms with Crippen LogP contribution in [0.3, 0.4) is 0 Å². The van der Waals surface area contributed by atoms with Gasteiger partial charge in [0.2, 0.25) is 0 Å². The first kappa shape index (κ1) is 43.9. The van der Waals surface area contributed by atoms with Crippen molar-refractivity contribution in [3.05, 3.63) is 0 Å². The van der Waals surface area contributed by atoms with Crippen LogP contribution in [0.25, 0.3) is 0 Å². The van der Waals surface area contributed by atoms with E-state index < -0.39 is 0 Å². The average molecular weight is 638 g/mol. The van der Waals surface area contributed by atoms with E-state index in [0.717, 1.165) is 51.5 Å². The average Bonchev–Trinajstić information content (AvgIpc) is 3.04. The van der Waals surface area contributed by atoms with Crippen molar-refractivity contribution >= 4 is 11.9 Å². The molecule has 0 atom stereocenters. The molecule has 0 radical (unpaired) electrons. The Balaban J connectivity index is 3.73. The van der Waals surface area contributed by atoms with Crippen molar-refractivity contribution in [1.82, 2.24) is 4.90 Å². The van der Waals surface area contributed by atoms with Gasteiger partial charge in [-0.2, -0.15) is 0 Å². The Morgan fingerprint density at radius 3 is 1.36 bits per heavy atom. The van der Waals surface area contributed by atoms with Crippen LogP contribution >= 0.6 is 0 Å². The SMILES string of the molecule is CCCCCCCCCOC(=O)CCCCCCCN(CC)CCCCCCCC(=O)OC(CCCCCC)CCCCCC. The summed E-state index contributed by atoms with van der Waals surface area (Å²) in [6.45, 7) is 13.1. The van der Waals surface area contributed by atoms with E-state index in [1.165, 1.54) is 142 Å². The van der Waals surface area contributed by atoms with Gasteiger partial charge in [-0.1, -0.05) is 143 Å². The molecule has 0 saturated carbocycles. The molecule has 0 amide bonds. The highest BCUT2D eigenvalue weighted by atomic mass is 16.5. The van der Waals surface area contributed by atoms with Crippen molar-refractivity contribution < 1.29 is 19.1 Å². The minimum absolute atomic E-state index is 0.00644. The van der Waals surface area contributed by atoms with Gasteiger partial charge in [-0.25, -0.2) is 0 Å². The molecule has 5 nitrogen and oxygen atoms in total. The first-order chi connectivity index (χ1) is 22.1. The van der Waals surface area contributed by atoms with E-state index in [2.05, 4.69) is 32.6 Å². The largest absolute Gasteiger partial charge is 0.466 e. The molecule has 0 fully saturated rings. The Kier molecular flexibility index (Phi) is 34.9. The summed E-state index contributed by atoms with van der Waals surface area (Å²) in [5.74, 6) is 0.0231. The van der Waals surface area contributed by atoms with Crippen LogP contribution in [-0.4, -0.2) is 49.2 Å². The molecule has 0 aliphatic heterocycles. The maximum atomic E-state index is 12.5. The molecule has 5 heteroatoms. The van der Waals surface area contributed by atoms with Gasteiger partial charge in [-0.3, -0.25) is 9.59 Å². The molecule has 0 bridgehead atoms. The number of ether oxygens (including phenoxy) is 2. The van der Waals surface area contributed by atoms with E-state index in [4.69, 9.17) is 9.47 Å². The lowest BCUT2D eigenvalue weighted by molar-refractivity contribution is -0.150. The standard InChI is InChI=1S/C40H79NO4/c1-5-9-12-15-16-23-30-37-44-39(42)33-26-19-17-21-28-35-41(8-4)36-29-22-18-20-27-34-40(43)45-38(31-24-13-10-6-2)32-25-14-11-7-3/h38H,5-37H2,1-4H3. The molecule has 0 aliphatic rings. The Bertz CT molecular complexity index is 613. The Morgan fingerprint density at radius 1 is 0.467 bits per heavy atom. The molecular weight excluding hydrogens is 558 g/mol. The smallest absolute Gasteiger partial charge is 0.306 e. The molecule has 0 N–H and O–H groups in total. The lowest BCUT2D eigenvalue weighted by atomic mass is 10.0. The van der Waals surface area contributed by atoms with Crippen LogP contribution < -0.4 is 0 Å². The summed E-state index contributed by atoms with van der Waals surface area (Å²) in [4.78, 5) is 27.0. The predicted octanol–water partition coefficient (Wildman–Crippen LogP) is 12.1. The van der Waals surface area contributed by atoms with Crippen molar-refractivity contribution in [2.45, 2.75) is 220 Å². The van der Waals surface area contributed by atoms with Crippen molar-refractivity contribution in [3.63, 3.8) is 0 Å². The second-order valence-electron chi connectivity index (χ2n) is 13.6. The van der Waals surface area contributed by atoms with Crippen LogP contribution in [0.4, 0.5) is 0 Å². The number of rotatable bonds is 36. The molecule has 0 heterocycles. The van der Waals surface area contributed by atoms with Gasteiger partial charge in [0.05, 0.1) is 6.61 Å². The highest BCUT2D eigenvalue weighted by molar-refractivity contribution is 5.69. The fraction of sp³-hybridized carbons (Fsp3) is 0.950. The molecule has 0 spiro atoms. The molecule has 0 aromatic carbocycles. The van der Waals surface area contributed by atoms with Crippen LogP contribution in [0, 0.1) is 0 Å². The monoisotopic (exact) mass is 638 g/mol. The van der Waals surface area contributed by atoms with Gasteiger partial charge < -0.3 is 14.4 Å². The van der Waals surface area contributed by atoms with Crippen molar-refractivity contribution in [2.24, 2.45) is 0 Å². The summed E-state index contributed by atoms with van der Waals surface area (Å²) < 4.78 is 11.3. The van der Waals surface area contributed by atoms with Gasteiger partial charge in [-0.05, 0) is 77.4 Å². The van der Waals surface area contributed by atoms with Gasteiger partial charge in [-0.15, -0.1) is 0 Å². The van der Waals surface area contributed by atoms with Crippen LogP contribution in [0.15, 0.2) is 0 Å². The highest BCUT2D eigenvalue weighted by Crippen LogP contribution is 2.17. The third-order valence-electron chi connectivity index (χ3n) is 9.23. The Morgan fingerprint density at radius 2 is 0.867 bits per heavy atom. The van der Waals surface area contributed by atoms with Crippen LogP contribution in [0.1, 0.15) is 214 Å². The molecule has 268 valence electrons. The Labute approximate surface area is 281 Å². The van der Waals surface area contributed by atoms with Crippen molar-refractivity contribution in [2.75, 3.05) is 26.2 Å². The number of nitrogens with zero attached hydrogens (tertiary/aromatic N) is 1. The second kappa shape index (κ2) is 35.7. The van der Waals surface area contributed by atoms with Crippen LogP contribution in [0.2, 0.25) is 0 Å². The molecule has 0 aromatic heterocycles. The molecule has 0 aliphatic carbocycles. The molecular formula is C40H79NO4. The fourth-order valence-corrected chi connectivity index (χ4v) is 6.12. The first-order valence-corrected chi connectivity index (χ1v) is 20.1. The fourth-order valence-electron chi connectivity index (χ4n) is 6.12. The van der Waals surface area contributed by atoms with Crippen LogP contribution in [0.5, 0.6) is 0 Å². The number of hydrogen-bond acceptors (Lipinski definition) is 5. The van der Waals surface area contributed by atoms with Gasteiger partial charge in [0.1, 0.15) is 6.10 Å². The molecule has 45 heavy (non-hydrogen) atoms. The summed E-state index contributed by atoms with van der Waals surface area (Å²) in [6.07, 6.45) is 33.7. The Hall–Kier alpha value is -1.10. The van der Waals surface area contributed by atoms with Gasteiger partial charge in [0.25, 0.3) is 0 Å². The molecule has 0 aromatic rings. The quantitative estimate of drug-likeness (QED) is 0.0505. The zero-order valence-electron chi connectivity index (χ0n) is 31.0. The van der Waals surface area contributed by atoms with E-state index in [9.17, 15) is 9.59 Å². The van der Waals surface area contributed by atoms with Crippen molar-refractivity contribution in [3.8, 4) is 0 Å². The summed E-state index contributed by atoms with van der Waals surface area (Å²) in [6, 6.07) is 0. The topological polar surface area (TPSA) is 55.8 Å². The minimum atomic E-state index is -0.00644. The molecule has 0 unspecified atom stereocenters. The number of carbonyl (C=O) groups excluding carboxylic acids is 2. The normalized spacial score (nSPS) is 11.5. The minimum Gasteiger partial charge on any atom is -0.466 e. The zero-order chi connectivity index (χ0) is 33.1. The number of esters is 2. The maximum absolute atomic E-state index is 12.5. The molecule has 0 saturated heterocycles. The van der Waals surface area contributed by atoms with E-state index in [-0.39, 0.29) is 18.0 Å². The third kappa shape index (κ3) is 32.6. The first-order valence-electron chi connectivity index (χ1n) is 20.1. The maximum Gasteiger partial charge on any atom is 0.306 e. The van der Waals surface area contributed by atoms with E-state index in [0.29, 0.717) is 19.4 Å². The van der Waals surface area contributed by atoms with E-state index in [1.807, 2.05) is 0 Å². The van der Waals surface area contributed by atoms with Gasteiger partial charge in [0, 0.05) is 12.8 Å². The number of hydrogen-bond donors (Lipinski definition) is 0. The number of carbonyl (C=O) groups is 2. The lowest BCUT2D eigenvalue weighted by Crippen LogP contribution is -2.25. The second-order valence-corrected chi connectivity index (χ2v) is 13.6. The van der Waals surface area contributed by atoms with Gasteiger partial charge >= 0.3 is 11.9 Å². The predicted molar refractivity (Wildman–Crippen MR) is 194 cm³/mol. The van der Waals surface area contributed by atoms with E-state index in [1.54, 1.807) is 0 Å². The van der Waals surface area contributed by atoms with Crippen molar-refractivity contribution in [1.29, 1.82) is 0 Å². The summed E-state index contributed by atoms with van der Waals surface area (Å²) in [5.41, 5.74) is 0. The summed E-state index contributed by atoms with van der Waals surface area (Å²) in [7, 11) is 0. The van der Waals surface area contributed by atoms with E-state index >= 15 is 0 Å².